The number of aromatic nitrogens is 6. The van der Waals surface area contributed by atoms with E-state index in [0.29, 0.717) is 27.8 Å². The molecule has 2 aromatic heterocycles. The van der Waals surface area contributed by atoms with Crippen molar-refractivity contribution < 1.29 is 4.79 Å². The number of hydrogen-bond acceptors (Lipinski definition) is 6. The summed E-state index contributed by atoms with van der Waals surface area (Å²) in [6.07, 6.45) is 1.78. The third-order valence-corrected chi connectivity index (χ3v) is 6.89. The molecular weight excluding hydrogens is 494 g/mol. The summed E-state index contributed by atoms with van der Waals surface area (Å²) in [6, 6.07) is 23.1. The fourth-order valence-corrected chi connectivity index (χ4v) is 5.03. The van der Waals surface area contributed by atoms with Crippen LogP contribution in [0, 0.1) is 0 Å². The van der Waals surface area contributed by atoms with Crippen LogP contribution in [-0.4, -0.2) is 36.3 Å². The highest BCUT2D eigenvalue weighted by molar-refractivity contribution is 7.08. The summed E-state index contributed by atoms with van der Waals surface area (Å²) in [5.74, 6) is 0.237. The van der Waals surface area contributed by atoms with Crippen LogP contribution >= 0.6 is 22.9 Å². The molecule has 0 atom stereocenters. The molecule has 36 heavy (non-hydrogen) atoms. The number of aryl methyl sites for hydroxylation is 1. The molecule has 0 radical (unpaired) electrons. The van der Waals surface area contributed by atoms with Crippen LogP contribution in [0.3, 0.4) is 0 Å². The van der Waals surface area contributed by atoms with E-state index in [1.165, 1.54) is 11.3 Å². The molecule has 10 heteroatoms. The Hall–Kier alpha value is -3.95. The van der Waals surface area contributed by atoms with Gasteiger partial charge in [0.1, 0.15) is 5.01 Å². The zero-order valence-corrected chi connectivity index (χ0v) is 21.0. The van der Waals surface area contributed by atoms with Gasteiger partial charge in [-0.05, 0) is 45.7 Å². The minimum absolute atomic E-state index is 0.376. The number of tetrazole rings is 1. The van der Waals surface area contributed by atoms with E-state index < -0.39 is 0 Å². The highest BCUT2D eigenvalue weighted by Crippen LogP contribution is 2.29. The van der Waals surface area contributed by atoms with Gasteiger partial charge in [-0.3, -0.25) is 4.79 Å². The smallest absolute Gasteiger partial charge is 0.267 e. The molecule has 1 amide bonds. The molecule has 0 aliphatic rings. The van der Waals surface area contributed by atoms with Gasteiger partial charge in [-0.25, -0.2) is 9.78 Å². The quantitative estimate of drug-likeness (QED) is 0.321. The van der Waals surface area contributed by atoms with Crippen molar-refractivity contribution in [3.8, 4) is 22.5 Å². The van der Waals surface area contributed by atoms with Crippen molar-refractivity contribution in [3.63, 3.8) is 0 Å². The molecule has 0 aliphatic carbocycles. The number of amides is 1. The maximum atomic E-state index is 12.8. The maximum Gasteiger partial charge on any atom is 0.281 e. The predicted octanol–water partition coefficient (Wildman–Crippen LogP) is 5.19. The lowest BCUT2D eigenvalue weighted by molar-refractivity contribution is 0.0997. The molecule has 0 fully saturated rings. The zero-order valence-electron chi connectivity index (χ0n) is 19.4. The number of rotatable bonds is 7. The minimum Gasteiger partial charge on any atom is -0.267 e. The highest BCUT2D eigenvalue weighted by atomic mass is 35.5. The first-order valence-electron chi connectivity index (χ1n) is 11.4. The molecule has 8 nitrogen and oxygen atoms in total. The molecule has 180 valence electrons. The second-order valence-electron chi connectivity index (χ2n) is 8.08. The summed E-state index contributed by atoms with van der Waals surface area (Å²) >= 11 is 7.64. The number of carbonyl (C=O) groups is 1. The number of H-pyrrole nitrogens is 1. The standard InChI is InChI=1S/C26H22ClN7OS/c1-2-7-23-31-34(26(36-23)28-25(35)21-10-5-6-11-22(21)27)16-17-12-14-18(15-13-17)19-8-3-4-9-20(19)24-29-32-33-30-24/h3-6,8-15H,2,7,16H2,1H3,(H,29,30,32,33). The second kappa shape index (κ2) is 10.8. The average Bonchev–Trinajstić information content (AvgIpc) is 3.56. The number of nitrogens with zero attached hydrogens (tertiary/aromatic N) is 6. The lowest BCUT2D eigenvalue weighted by atomic mass is 9.98. The van der Waals surface area contributed by atoms with E-state index in [2.05, 4.69) is 56.8 Å². The Kier molecular flexibility index (Phi) is 7.11. The summed E-state index contributed by atoms with van der Waals surface area (Å²) in [7, 11) is 0. The monoisotopic (exact) mass is 515 g/mol. The molecule has 0 spiro atoms. The van der Waals surface area contributed by atoms with Gasteiger partial charge >= 0.3 is 0 Å². The molecular formula is C26H22ClN7OS. The van der Waals surface area contributed by atoms with Crippen LogP contribution in [0.15, 0.2) is 77.8 Å². The van der Waals surface area contributed by atoms with Crippen LogP contribution in [0.25, 0.3) is 22.5 Å². The van der Waals surface area contributed by atoms with E-state index in [4.69, 9.17) is 16.7 Å². The number of benzene rings is 3. The third kappa shape index (κ3) is 5.17. The fourth-order valence-electron chi connectivity index (χ4n) is 3.81. The Labute approximate surface area is 216 Å². The summed E-state index contributed by atoms with van der Waals surface area (Å²) < 4.78 is 1.79. The molecule has 5 aromatic rings. The first-order valence-corrected chi connectivity index (χ1v) is 12.6. The van der Waals surface area contributed by atoms with E-state index in [9.17, 15) is 4.79 Å². The summed E-state index contributed by atoms with van der Waals surface area (Å²) in [5, 5.41) is 20.3. The highest BCUT2D eigenvalue weighted by Gasteiger charge is 2.13. The minimum atomic E-state index is -0.380. The van der Waals surface area contributed by atoms with Crippen LogP contribution in [0.4, 0.5) is 0 Å². The van der Waals surface area contributed by atoms with E-state index in [1.54, 1.807) is 28.9 Å². The lowest BCUT2D eigenvalue weighted by Gasteiger charge is -2.08. The van der Waals surface area contributed by atoms with Gasteiger partial charge in [-0.15, -0.1) is 5.10 Å². The SMILES string of the molecule is CCCc1nn(Cc2ccc(-c3ccccc3-c3nnn[nH]3)cc2)c(=NC(=O)c2ccccc2Cl)s1. The van der Waals surface area contributed by atoms with Crippen LogP contribution < -0.4 is 4.80 Å². The first-order chi connectivity index (χ1) is 17.6. The van der Waals surface area contributed by atoms with Crippen molar-refractivity contribution in [3.05, 3.63) is 98.8 Å². The Morgan fingerprint density at radius 2 is 1.78 bits per heavy atom. The van der Waals surface area contributed by atoms with Gasteiger partial charge in [0.25, 0.3) is 5.91 Å². The van der Waals surface area contributed by atoms with Gasteiger partial charge < -0.3 is 0 Å². The Balaban J connectivity index is 1.44. The third-order valence-electron chi connectivity index (χ3n) is 5.55. The van der Waals surface area contributed by atoms with Crippen LogP contribution in [0.1, 0.15) is 34.3 Å². The number of halogens is 1. The van der Waals surface area contributed by atoms with Gasteiger partial charge in [0.05, 0.1) is 17.1 Å². The molecule has 3 aromatic carbocycles. The Morgan fingerprint density at radius 1 is 1.03 bits per heavy atom. The van der Waals surface area contributed by atoms with E-state index >= 15 is 0 Å². The summed E-state index contributed by atoms with van der Waals surface area (Å²) in [5.41, 5.74) is 4.40. The molecule has 0 saturated heterocycles. The van der Waals surface area contributed by atoms with Gasteiger partial charge in [-0.1, -0.05) is 90.5 Å². The van der Waals surface area contributed by atoms with Crippen molar-refractivity contribution in [2.24, 2.45) is 4.99 Å². The van der Waals surface area contributed by atoms with E-state index in [1.807, 2.05) is 24.3 Å². The number of nitrogens with one attached hydrogen (secondary N) is 1. The van der Waals surface area contributed by atoms with Crippen molar-refractivity contribution in [1.29, 1.82) is 0 Å². The van der Waals surface area contributed by atoms with Crippen LogP contribution in [0.5, 0.6) is 0 Å². The van der Waals surface area contributed by atoms with Crippen molar-refractivity contribution in [1.82, 2.24) is 30.4 Å². The van der Waals surface area contributed by atoms with Gasteiger partial charge in [0.15, 0.2) is 5.82 Å². The van der Waals surface area contributed by atoms with E-state index in [0.717, 1.165) is 40.1 Å². The Morgan fingerprint density at radius 3 is 2.50 bits per heavy atom. The summed E-state index contributed by atoms with van der Waals surface area (Å²) in [6.45, 7) is 2.59. The molecule has 0 bridgehead atoms. The normalized spacial score (nSPS) is 11.7. The fraction of sp³-hybridized carbons (Fsp3) is 0.154. The molecule has 2 heterocycles. The van der Waals surface area contributed by atoms with Crippen molar-refractivity contribution in [2.75, 3.05) is 0 Å². The molecule has 0 aliphatic heterocycles. The van der Waals surface area contributed by atoms with Crippen molar-refractivity contribution in [2.45, 2.75) is 26.3 Å². The second-order valence-corrected chi connectivity index (χ2v) is 9.52. The summed E-state index contributed by atoms with van der Waals surface area (Å²) in [4.78, 5) is 17.8. The molecule has 0 unspecified atom stereocenters. The van der Waals surface area contributed by atoms with Gasteiger partial charge in [0, 0.05) is 12.0 Å². The largest absolute Gasteiger partial charge is 0.281 e. The lowest BCUT2D eigenvalue weighted by Crippen LogP contribution is -2.19. The topological polar surface area (TPSA) is 102 Å². The number of hydrogen-bond donors (Lipinski definition) is 1. The predicted molar refractivity (Wildman–Crippen MR) is 140 cm³/mol. The first kappa shape index (κ1) is 23.8. The van der Waals surface area contributed by atoms with Crippen molar-refractivity contribution >= 4 is 28.8 Å². The maximum absolute atomic E-state index is 12.8. The van der Waals surface area contributed by atoms with E-state index in [-0.39, 0.29) is 5.91 Å². The molecule has 1 N–H and O–H groups in total. The van der Waals surface area contributed by atoms with Gasteiger partial charge in [0.2, 0.25) is 4.80 Å². The van der Waals surface area contributed by atoms with Crippen LogP contribution in [-0.2, 0) is 13.0 Å². The van der Waals surface area contributed by atoms with Crippen LogP contribution in [0.2, 0.25) is 5.02 Å². The number of carbonyl (C=O) groups excluding carboxylic acids is 1. The zero-order chi connectivity index (χ0) is 24.9. The number of aromatic amines is 1. The average molecular weight is 516 g/mol. The van der Waals surface area contributed by atoms with Gasteiger partial charge in [-0.2, -0.15) is 10.1 Å². The Bertz CT molecular complexity index is 1560. The molecule has 5 rings (SSSR count). The molecule has 0 saturated carbocycles.